The fourth-order valence-corrected chi connectivity index (χ4v) is 6.36. The van der Waals surface area contributed by atoms with E-state index in [0.29, 0.717) is 23.9 Å². The van der Waals surface area contributed by atoms with Crippen LogP contribution < -0.4 is 10.6 Å². The van der Waals surface area contributed by atoms with Crippen LogP contribution in [-0.4, -0.2) is 36.6 Å². The molecule has 2 heterocycles. The van der Waals surface area contributed by atoms with E-state index in [1.54, 1.807) is 6.26 Å². The first-order valence-corrected chi connectivity index (χ1v) is 13.7. The van der Waals surface area contributed by atoms with Gasteiger partial charge in [0.1, 0.15) is 5.58 Å². The van der Waals surface area contributed by atoms with Crippen LogP contribution in [0, 0.1) is 11.8 Å². The normalized spacial score (nSPS) is 23.9. The number of anilines is 1. The van der Waals surface area contributed by atoms with Gasteiger partial charge in [-0.2, -0.15) is 0 Å². The van der Waals surface area contributed by atoms with Gasteiger partial charge in [0.2, 0.25) is 11.8 Å². The molecule has 1 saturated carbocycles. The summed E-state index contributed by atoms with van der Waals surface area (Å²) in [6.45, 7) is 8.15. The Bertz CT molecular complexity index is 1310. The Kier molecular flexibility index (Phi) is 7.64. The molecule has 0 bridgehead atoms. The van der Waals surface area contributed by atoms with E-state index in [1.807, 2.05) is 48.5 Å². The van der Waals surface area contributed by atoms with Crippen LogP contribution in [0.4, 0.5) is 5.69 Å². The first-order chi connectivity index (χ1) is 18.2. The molecule has 0 spiro atoms. The standard InChI is InChI=1S/C30H37BN2O5/c1-19(2)25-12-8-14-27-30(25,4)38-31(37-27)28(17-22-18-36-26-13-6-5-11-24(22)26)33-29(35)16-21-9-7-10-23(15-21)32-20(3)34/h5-7,9-11,13,15,18-19,25,27-28H,8,12,14,16-17H2,1-4H3,(H,32,34)(H,33,35)/t25-,27?,28?,30-/m0/s1. The van der Waals surface area contributed by atoms with Crippen molar-refractivity contribution in [3.63, 3.8) is 0 Å². The van der Waals surface area contributed by atoms with Crippen molar-refractivity contribution < 1.29 is 23.3 Å². The summed E-state index contributed by atoms with van der Waals surface area (Å²) in [7, 11) is -0.562. The molecular formula is C30H37BN2O5. The lowest BCUT2D eigenvalue weighted by Gasteiger charge is -2.44. The van der Waals surface area contributed by atoms with E-state index in [2.05, 4.69) is 31.4 Å². The topological polar surface area (TPSA) is 89.8 Å². The Hall–Kier alpha value is -3.10. The summed E-state index contributed by atoms with van der Waals surface area (Å²) in [5, 5.41) is 7.02. The van der Waals surface area contributed by atoms with Gasteiger partial charge in [-0.25, -0.2) is 0 Å². The molecule has 200 valence electrons. The third kappa shape index (κ3) is 5.52. The van der Waals surface area contributed by atoms with Crippen LogP contribution in [0.1, 0.15) is 58.1 Å². The predicted molar refractivity (Wildman–Crippen MR) is 149 cm³/mol. The molecule has 2 N–H and O–H groups in total. The number of fused-ring (bicyclic) bond motifs is 2. The van der Waals surface area contributed by atoms with Crippen LogP contribution in [-0.2, 0) is 31.7 Å². The van der Waals surface area contributed by atoms with E-state index < -0.39 is 13.1 Å². The van der Waals surface area contributed by atoms with E-state index in [1.165, 1.54) is 6.92 Å². The summed E-state index contributed by atoms with van der Waals surface area (Å²) >= 11 is 0. The lowest BCUT2D eigenvalue weighted by molar-refractivity contribution is -0.121. The van der Waals surface area contributed by atoms with Crippen LogP contribution in [0.25, 0.3) is 11.0 Å². The smallest absolute Gasteiger partial charge is 0.464 e. The van der Waals surface area contributed by atoms with Crippen molar-refractivity contribution in [1.29, 1.82) is 0 Å². The van der Waals surface area contributed by atoms with Gasteiger partial charge in [-0.3, -0.25) is 9.59 Å². The van der Waals surface area contributed by atoms with Crippen LogP contribution >= 0.6 is 0 Å². The minimum absolute atomic E-state index is 0.00322. The molecule has 8 heteroatoms. The molecule has 2 aliphatic rings. The van der Waals surface area contributed by atoms with E-state index in [9.17, 15) is 9.59 Å². The van der Waals surface area contributed by atoms with Crippen LogP contribution in [0.3, 0.4) is 0 Å². The van der Waals surface area contributed by atoms with Gasteiger partial charge in [0, 0.05) is 18.0 Å². The van der Waals surface area contributed by atoms with E-state index in [-0.39, 0.29) is 29.9 Å². The number of carbonyl (C=O) groups excluding carboxylic acids is 2. The van der Waals surface area contributed by atoms with Crippen molar-refractivity contribution in [2.75, 3.05) is 5.32 Å². The summed E-state index contributed by atoms with van der Waals surface area (Å²) < 4.78 is 19.1. The number of hydrogen-bond donors (Lipinski definition) is 2. The summed E-state index contributed by atoms with van der Waals surface area (Å²) in [5.41, 5.74) is 2.92. The molecule has 2 unspecified atom stereocenters. The zero-order valence-electron chi connectivity index (χ0n) is 22.7. The number of furan rings is 1. The molecule has 1 aromatic heterocycles. The molecule has 2 fully saturated rings. The SMILES string of the molecule is CC(=O)Nc1cccc(CC(=O)NC(Cc2coc3ccccc23)B2OC3CCC[C@@H](C(C)C)[C@]3(C)O2)c1. The van der Waals surface area contributed by atoms with Gasteiger partial charge in [0.25, 0.3) is 0 Å². The Morgan fingerprint density at radius 2 is 1.95 bits per heavy atom. The van der Waals surface area contributed by atoms with Crippen molar-refractivity contribution in [2.45, 2.75) is 77.4 Å². The molecule has 1 aliphatic carbocycles. The molecule has 7 nitrogen and oxygen atoms in total. The summed E-state index contributed by atoms with van der Waals surface area (Å²) in [4.78, 5) is 24.8. The molecule has 1 aliphatic heterocycles. The Balaban J connectivity index is 1.38. The van der Waals surface area contributed by atoms with Crippen LogP contribution in [0.5, 0.6) is 0 Å². The summed E-state index contributed by atoms with van der Waals surface area (Å²) in [6.07, 6.45) is 5.67. The molecule has 0 radical (unpaired) electrons. The van der Waals surface area contributed by atoms with E-state index in [0.717, 1.165) is 41.4 Å². The average Bonchev–Trinajstić information content (AvgIpc) is 3.43. The maximum Gasteiger partial charge on any atom is 0.482 e. The first-order valence-electron chi connectivity index (χ1n) is 13.7. The van der Waals surface area contributed by atoms with Gasteiger partial charge in [-0.05, 0) is 67.3 Å². The van der Waals surface area contributed by atoms with Gasteiger partial charge in [0.15, 0.2) is 0 Å². The molecule has 3 aromatic rings. The average molecular weight is 516 g/mol. The fourth-order valence-electron chi connectivity index (χ4n) is 6.36. The highest BCUT2D eigenvalue weighted by Crippen LogP contribution is 2.47. The van der Waals surface area contributed by atoms with Crippen molar-refractivity contribution in [1.82, 2.24) is 5.32 Å². The third-order valence-corrected chi connectivity index (χ3v) is 8.12. The van der Waals surface area contributed by atoms with Crippen molar-refractivity contribution in [3.05, 3.63) is 65.9 Å². The number of carbonyl (C=O) groups is 2. The predicted octanol–water partition coefficient (Wildman–Crippen LogP) is 5.32. The van der Waals surface area contributed by atoms with Crippen molar-refractivity contribution in [3.8, 4) is 0 Å². The highest BCUT2D eigenvalue weighted by atomic mass is 16.7. The second-order valence-corrected chi connectivity index (χ2v) is 11.3. The molecule has 1 saturated heterocycles. The zero-order valence-corrected chi connectivity index (χ0v) is 22.7. The third-order valence-electron chi connectivity index (χ3n) is 8.12. The lowest BCUT2D eigenvalue weighted by Crippen LogP contribution is -2.51. The Labute approximate surface area is 224 Å². The lowest BCUT2D eigenvalue weighted by atomic mass is 9.69. The number of nitrogens with one attached hydrogen (secondary N) is 2. The minimum Gasteiger partial charge on any atom is -0.464 e. The summed E-state index contributed by atoms with van der Waals surface area (Å²) in [6, 6.07) is 15.3. The molecule has 2 aromatic carbocycles. The van der Waals surface area contributed by atoms with Crippen molar-refractivity contribution >= 4 is 35.6 Å². The largest absolute Gasteiger partial charge is 0.482 e. The molecule has 4 atom stereocenters. The van der Waals surface area contributed by atoms with Gasteiger partial charge >= 0.3 is 7.12 Å². The van der Waals surface area contributed by atoms with E-state index >= 15 is 0 Å². The number of para-hydroxylation sites is 1. The molecule has 5 rings (SSSR count). The number of amides is 2. The van der Waals surface area contributed by atoms with Gasteiger partial charge in [0.05, 0.1) is 30.3 Å². The van der Waals surface area contributed by atoms with Gasteiger partial charge < -0.3 is 24.4 Å². The number of benzene rings is 2. The number of rotatable bonds is 8. The Morgan fingerprint density at radius 3 is 2.74 bits per heavy atom. The highest BCUT2D eigenvalue weighted by Gasteiger charge is 2.57. The molecule has 2 amide bonds. The summed E-state index contributed by atoms with van der Waals surface area (Å²) in [5.74, 6) is 0.206. The first kappa shape index (κ1) is 26.5. The van der Waals surface area contributed by atoms with Gasteiger partial charge in [-0.15, -0.1) is 0 Å². The maximum atomic E-state index is 13.3. The molecular weight excluding hydrogens is 479 g/mol. The highest BCUT2D eigenvalue weighted by molar-refractivity contribution is 6.48. The zero-order chi connectivity index (χ0) is 26.9. The maximum absolute atomic E-state index is 13.3. The molecule has 38 heavy (non-hydrogen) atoms. The second-order valence-electron chi connectivity index (χ2n) is 11.3. The van der Waals surface area contributed by atoms with Crippen LogP contribution in [0.2, 0.25) is 0 Å². The second kappa shape index (κ2) is 10.9. The van der Waals surface area contributed by atoms with Crippen molar-refractivity contribution in [2.24, 2.45) is 11.8 Å². The van der Waals surface area contributed by atoms with E-state index in [4.69, 9.17) is 13.7 Å². The monoisotopic (exact) mass is 516 g/mol. The minimum atomic E-state index is -0.562. The van der Waals surface area contributed by atoms with Gasteiger partial charge in [-0.1, -0.05) is 50.6 Å². The Morgan fingerprint density at radius 1 is 1.13 bits per heavy atom. The quantitative estimate of drug-likeness (QED) is 0.396. The number of hydrogen-bond acceptors (Lipinski definition) is 5. The fraction of sp³-hybridized carbons (Fsp3) is 0.467. The van der Waals surface area contributed by atoms with Crippen LogP contribution in [0.15, 0.2) is 59.2 Å².